The van der Waals surface area contributed by atoms with E-state index in [1.165, 1.54) is 36.0 Å². The molecule has 1 aliphatic carbocycles. The molecule has 0 saturated carbocycles. The van der Waals surface area contributed by atoms with Gasteiger partial charge in [-0.1, -0.05) is 13.3 Å². The van der Waals surface area contributed by atoms with Gasteiger partial charge in [0.15, 0.2) is 11.4 Å². The lowest BCUT2D eigenvalue weighted by Gasteiger charge is -2.19. The van der Waals surface area contributed by atoms with Gasteiger partial charge in [0.2, 0.25) is 5.71 Å². The van der Waals surface area contributed by atoms with Crippen LogP contribution >= 0.6 is 0 Å². The number of aryl methyl sites for hydroxylation is 2. The summed E-state index contributed by atoms with van der Waals surface area (Å²) < 4.78 is 5.95. The van der Waals surface area contributed by atoms with Crippen molar-refractivity contribution in [3.05, 3.63) is 23.1 Å². The van der Waals surface area contributed by atoms with Crippen LogP contribution in [0.2, 0.25) is 0 Å². The Kier molecular flexibility index (Phi) is 3.18. The van der Waals surface area contributed by atoms with E-state index in [9.17, 15) is 0 Å². The van der Waals surface area contributed by atoms with Crippen LogP contribution in [0.25, 0.3) is 22.2 Å². The number of hydrazine groups is 1. The fraction of sp³-hybridized carbons (Fsp3) is 0.438. The normalized spacial score (nSPS) is 14.5. The number of hydrogen-bond acceptors (Lipinski definition) is 6. The second kappa shape index (κ2) is 5.21. The number of furan rings is 1. The first kappa shape index (κ1) is 13.5. The van der Waals surface area contributed by atoms with Crippen molar-refractivity contribution in [3.63, 3.8) is 0 Å². The maximum absolute atomic E-state index is 5.95. The summed E-state index contributed by atoms with van der Waals surface area (Å²) in [5.41, 5.74) is 8.59. The molecule has 0 atom stereocenters. The van der Waals surface area contributed by atoms with Crippen LogP contribution in [0.5, 0.6) is 0 Å². The van der Waals surface area contributed by atoms with Crippen LogP contribution in [0, 0.1) is 0 Å². The molecule has 0 unspecified atom stereocenters. The average molecular weight is 297 g/mol. The third kappa shape index (κ3) is 1.87. The van der Waals surface area contributed by atoms with E-state index >= 15 is 0 Å². The SMILES string of the molecule is CCCc1nc2oc3c(NN)ncnc3c2c2c1CCCC2. The molecular formula is C16H19N5O. The second-order valence-corrected chi connectivity index (χ2v) is 5.80. The van der Waals surface area contributed by atoms with E-state index in [1.807, 2.05) is 0 Å². The molecule has 0 fully saturated rings. The van der Waals surface area contributed by atoms with E-state index in [-0.39, 0.29) is 0 Å². The van der Waals surface area contributed by atoms with E-state index in [0.29, 0.717) is 17.1 Å². The molecule has 0 bridgehead atoms. The molecule has 3 N–H and O–H groups in total. The number of hydrogen-bond donors (Lipinski definition) is 2. The Bertz CT molecular complexity index is 855. The highest BCUT2D eigenvalue weighted by molar-refractivity contribution is 6.06. The van der Waals surface area contributed by atoms with Crippen LogP contribution in [0.1, 0.15) is 43.0 Å². The maximum Gasteiger partial charge on any atom is 0.229 e. The Labute approximate surface area is 128 Å². The molecule has 3 aromatic heterocycles. The summed E-state index contributed by atoms with van der Waals surface area (Å²) in [6, 6.07) is 0. The highest BCUT2D eigenvalue weighted by Crippen LogP contribution is 2.37. The van der Waals surface area contributed by atoms with Gasteiger partial charge >= 0.3 is 0 Å². The summed E-state index contributed by atoms with van der Waals surface area (Å²) in [4.78, 5) is 13.3. The predicted octanol–water partition coefficient (Wildman–Crippen LogP) is 2.89. The number of nitrogens with one attached hydrogen (secondary N) is 1. The van der Waals surface area contributed by atoms with Gasteiger partial charge in [-0.2, -0.15) is 0 Å². The van der Waals surface area contributed by atoms with E-state index < -0.39 is 0 Å². The molecule has 22 heavy (non-hydrogen) atoms. The van der Waals surface area contributed by atoms with Gasteiger partial charge in [0.1, 0.15) is 11.8 Å². The Morgan fingerprint density at radius 1 is 1.23 bits per heavy atom. The van der Waals surface area contributed by atoms with Gasteiger partial charge in [-0.3, -0.25) is 0 Å². The highest BCUT2D eigenvalue weighted by Gasteiger charge is 2.23. The van der Waals surface area contributed by atoms with Gasteiger partial charge in [-0.25, -0.2) is 20.8 Å². The van der Waals surface area contributed by atoms with E-state index in [4.69, 9.17) is 15.2 Å². The molecule has 1 aliphatic rings. The van der Waals surface area contributed by atoms with Crippen LogP contribution in [-0.2, 0) is 19.3 Å². The smallest absolute Gasteiger partial charge is 0.229 e. The summed E-state index contributed by atoms with van der Waals surface area (Å²) >= 11 is 0. The molecule has 0 aromatic carbocycles. The minimum atomic E-state index is 0.504. The largest absolute Gasteiger partial charge is 0.432 e. The lowest BCUT2D eigenvalue weighted by molar-refractivity contribution is 0.636. The fourth-order valence-electron chi connectivity index (χ4n) is 3.48. The first-order valence-electron chi connectivity index (χ1n) is 7.88. The van der Waals surface area contributed by atoms with Gasteiger partial charge in [0, 0.05) is 5.69 Å². The lowest BCUT2D eigenvalue weighted by Crippen LogP contribution is -2.09. The molecule has 0 amide bonds. The molecular weight excluding hydrogens is 278 g/mol. The lowest BCUT2D eigenvalue weighted by atomic mass is 9.88. The summed E-state index contributed by atoms with van der Waals surface area (Å²) in [6.07, 6.45) is 8.20. The second-order valence-electron chi connectivity index (χ2n) is 5.80. The zero-order valence-electron chi connectivity index (χ0n) is 12.6. The summed E-state index contributed by atoms with van der Waals surface area (Å²) in [5, 5.41) is 1.04. The number of fused-ring (bicyclic) bond motifs is 5. The quantitative estimate of drug-likeness (QED) is 0.570. The number of nitrogens with two attached hydrogens (primary N) is 1. The molecule has 114 valence electrons. The molecule has 4 rings (SSSR count). The third-order valence-electron chi connectivity index (χ3n) is 4.43. The Balaban J connectivity index is 2.10. The van der Waals surface area contributed by atoms with Crippen LogP contribution < -0.4 is 11.3 Å². The maximum atomic E-state index is 5.95. The molecule has 0 aliphatic heterocycles. The molecule has 0 spiro atoms. The number of nitrogens with zero attached hydrogens (tertiary/aromatic N) is 3. The Morgan fingerprint density at radius 2 is 2.05 bits per heavy atom. The van der Waals surface area contributed by atoms with Crippen molar-refractivity contribution in [2.45, 2.75) is 45.4 Å². The minimum Gasteiger partial charge on any atom is -0.432 e. The first-order valence-corrected chi connectivity index (χ1v) is 7.88. The third-order valence-corrected chi connectivity index (χ3v) is 4.43. The van der Waals surface area contributed by atoms with Crippen LogP contribution in [0.3, 0.4) is 0 Å². The monoisotopic (exact) mass is 297 g/mol. The number of aromatic nitrogens is 3. The van der Waals surface area contributed by atoms with Gasteiger partial charge in [0.05, 0.1) is 5.39 Å². The standard InChI is InChI=1S/C16H19N5O/c1-2-5-11-9-6-3-4-7-10(9)12-13-14(22-16(12)20-11)15(21-17)19-8-18-13/h8H,2-7,17H2,1H3,(H,18,19,21). The number of pyridine rings is 1. The number of nitrogen functional groups attached to an aromatic ring is 1. The van der Waals surface area contributed by atoms with Crippen LogP contribution in [0.4, 0.5) is 5.82 Å². The summed E-state index contributed by atoms with van der Waals surface area (Å²) in [7, 11) is 0. The zero-order chi connectivity index (χ0) is 15.1. The fourth-order valence-corrected chi connectivity index (χ4v) is 3.48. The number of rotatable bonds is 3. The molecule has 0 saturated heterocycles. The summed E-state index contributed by atoms with van der Waals surface area (Å²) in [6.45, 7) is 2.18. The van der Waals surface area contributed by atoms with Crippen molar-refractivity contribution >= 4 is 28.0 Å². The van der Waals surface area contributed by atoms with Crippen LogP contribution in [0.15, 0.2) is 10.7 Å². The zero-order valence-corrected chi connectivity index (χ0v) is 12.6. The van der Waals surface area contributed by atoms with Gasteiger partial charge in [0.25, 0.3) is 0 Å². The Morgan fingerprint density at radius 3 is 2.82 bits per heavy atom. The van der Waals surface area contributed by atoms with E-state index in [1.54, 1.807) is 0 Å². The van der Waals surface area contributed by atoms with Crippen molar-refractivity contribution in [1.29, 1.82) is 0 Å². The van der Waals surface area contributed by atoms with Gasteiger partial charge in [-0.05, 0) is 43.2 Å². The Hall–Kier alpha value is -2.21. The van der Waals surface area contributed by atoms with Gasteiger partial charge in [-0.15, -0.1) is 0 Å². The van der Waals surface area contributed by atoms with E-state index in [2.05, 4.69) is 22.3 Å². The van der Waals surface area contributed by atoms with E-state index in [0.717, 1.165) is 36.6 Å². The molecule has 0 radical (unpaired) electrons. The minimum absolute atomic E-state index is 0.504. The topological polar surface area (TPSA) is 89.9 Å². The molecule has 6 heteroatoms. The van der Waals surface area contributed by atoms with Crippen molar-refractivity contribution in [2.24, 2.45) is 5.84 Å². The summed E-state index contributed by atoms with van der Waals surface area (Å²) in [5.74, 6) is 6.04. The molecule has 6 nitrogen and oxygen atoms in total. The average Bonchev–Trinajstić information content (AvgIpc) is 2.93. The molecule has 3 heterocycles. The first-order chi connectivity index (χ1) is 10.8. The number of anilines is 1. The van der Waals surface area contributed by atoms with Crippen molar-refractivity contribution < 1.29 is 4.42 Å². The highest BCUT2D eigenvalue weighted by atomic mass is 16.3. The molecule has 3 aromatic rings. The van der Waals surface area contributed by atoms with Crippen molar-refractivity contribution in [1.82, 2.24) is 15.0 Å². The van der Waals surface area contributed by atoms with Crippen molar-refractivity contribution in [2.75, 3.05) is 5.43 Å². The van der Waals surface area contributed by atoms with Crippen LogP contribution in [-0.4, -0.2) is 15.0 Å². The van der Waals surface area contributed by atoms with Crippen molar-refractivity contribution in [3.8, 4) is 0 Å². The van der Waals surface area contributed by atoms with Gasteiger partial charge < -0.3 is 9.84 Å². The predicted molar refractivity (Wildman–Crippen MR) is 85.6 cm³/mol.